The summed E-state index contributed by atoms with van der Waals surface area (Å²) in [6.45, 7) is 2.09. The Morgan fingerprint density at radius 3 is 2.65 bits per heavy atom. The maximum Gasteiger partial charge on any atom is 0.352 e. The number of nitrogens with zero attached hydrogens (tertiary/aromatic N) is 2. The van der Waals surface area contributed by atoms with Gasteiger partial charge in [-0.25, -0.2) is 9.59 Å². The Kier molecular flexibility index (Phi) is 5.87. The molecule has 0 atom stereocenters. The van der Waals surface area contributed by atoms with E-state index in [9.17, 15) is 9.59 Å². The lowest BCUT2D eigenvalue weighted by atomic mass is 10.2. The van der Waals surface area contributed by atoms with E-state index in [1.165, 1.54) is 11.7 Å². The molecule has 0 fully saturated rings. The van der Waals surface area contributed by atoms with Gasteiger partial charge in [0.25, 0.3) is 0 Å². The van der Waals surface area contributed by atoms with Gasteiger partial charge in [-0.2, -0.15) is 4.98 Å². The lowest BCUT2D eigenvalue weighted by Gasteiger charge is -2.09. The molecule has 1 heterocycles. The van der Waals surface area contributed by atoms with E-state index in [1.807, 2.05) is 6.07 Å². The minimum Gasteiger partial charge on any atom is -0.481 e. The minimum absolute atomic E-state index is 0.0273. The van der Waals surface area contributed by atoms with Gasteiger partial charge in [-0.05, 0) is 19.1 Å². The first-order valence-electron chi connectivity index (χ1n) is 7.04. The van der Waals surface area contributed by atoms with Crippen molar-refractivity contribution in [1.82, 2.24) is 9.55 Å². The molecule has 23 heavy (non-hydrogen) atoms. The first-order valence-corrected chi connectivity index (χ1v) is 7.04. The number of benzene rings is 1. The number of hydrogen-bond donors (Lipinski definition) is 0. The summed E-state index contributed by atoms with van der Waals surface area (Å²) in [6.07, 6.45) is 1.60. The van der Waals surface area contributed by atoms with Crippen LogP contribution in [-0.2, 0) is 16.2 Å². The van der Waals surface area contributed by atoms with E-state index < -0.39 is 11.7 Å². The fourth-order valence-corrected chi connectivity index (χ4v) is 1.90. The first-order chi connectivity index (χ1) is 11.1. The summed E-state index contributed by atoms with van der Waals surface area (Å²) in [5.41, 5.74) is 0.749. The molecule has 0 spiro atoms. The average Bonchev–Trinajstić information content (AvgIpc) is 2.57. The van der Waals surface area contributed by atoms with Crippen LogP contribution in [0, 0.1) is 6.92 Å². The fraction of sp³-hybridized carbons (Fsp3) is 0.312. The first kappa shape index (κ1) is 16.7. The number of carbonyl (C=O) groups excluding carboxylic acids is 1. The van der Waals surface area contributed by atoms with Crippen molar-refractivity contribution in [2.45, 2.75) is 13.7 Å². The lowest BCUT2D eigenvalue weighted by Crippen LogP contribution is -2.25. The van der Waals surface area contributed by atoms with Crippen molar-refractivity contribution < 1.29 is 19.0 Å². The molecule has 0 aliphatic heterocycles. The molecule has 0 radical (unpaired) electrons. The number of carbonyl (C=O) groups is 1. The average molecular weight is 318 g/mol. The highest BCUT2D eigenvalue weighted by atomic mass is 16.6. The molecule has 2 rings (SSSR count). The van der Waals surface area contributed by atoms with E-state index in [-0.39, 0.29) is 19.9 Å². The minimum atomic E-state index is -0.464. The van der Waals surface area contributed by atoms with Crippen molar-refractivity contribution in [3.05, 3.63) is 58.1 Å². The zero-order chi connectivity index (χ0) is 16.7. The molecule has 0 aliphatic carbocycles. The number of aromatic nitrogens is 2. The van der Waals surface area contributed by atoms with Crippen LogP contribution in [0.4, 0.5) is 0 Å². The van der Waals surface area contributed by atoms with E-state index in [4.69, 9.17) is 14.2 Å². The van der Waals surface area contributed by atoms with Gasteiger partial charge in [-0.1, -0.05) is 18.2 Å². The topological polar surface area (TPSA) is 79.7 Å². The summed E-state index contributed by atoms with van der Waals surface area (Å²) >= 11 is 0. The lowest BCUT2D eigenvalue weighted by molar-refractivity contribution is 0.0162. The number of rotatable bonds is 7. The molecule has 0 saturated carbocycles. The fourth-order valence-electron chi connectivity index (χ4n) is 1.90. The number of hydrogen-bond acceptors (Lipinski definition) is 6. The Morgan fingerprint density at radius 1 is 1.22 bits per heavy atom. The van der Waals surface area contributed by atoms with Crippen LogP contribution in [0.3, 0.4) is 0 Å². The van der Waals surface area contributed by atoms with Crippen molar-refractivity contribution in [2.24, 2.45) is 0 Å². The van der Waals surface area contributed by atoms with Gasteiger partial charge in [-0.3, -0.25) is 4.57 Å². The summed E-state index contributed by atoms with van der Waals surface area (Å²) in [5, 5.41) is 0. The summed E-state index contributed by atoms with van der Waals surface area (Å²) in [7, 11) is 1.46. The Labute approximate surface area is 133 Å². The van der Waals surface area contributed by atoms with Gasteiger partial charge in [0.15, 0.2) is 0 Å². The maximum atomic E-state index is 11.7. The van der Waals surface area contributed by atoms with E-state index >= 15 is 0 Å². The zero-order valence-corrected chi connectivity index (χ0v) is 13.0. The van der Waals surface area contributed by atoms with Crippen LogP contribution in [0.2, 0.25) is 0 Å². The van der Waals surface area contributed by atoms with Crippen LogP contribution in [-0.4, -0.2) is 35.8 Å². The van der Waals surface area contributed by atoms with Gasteiger partial charge < -0.3 is 14.2 Å². The smallest absolute Gasteiger partial charge is 0.352 e. The second-order valence-corrected chi connectivity index (χ2v) is 4.72. The van der Waals surface area contributed by atoms with Gasteiger partial charge >= 0.3 is 11.7 Å². The predicted octanol–water partition coefficient (Wildman–Crippen LogP) is 1.39. The summed E-state index contributed by atoms with van der Waals surface area (Å²) < 4.78 is 16.7. The van der Waals surface area contributed by atoms with Crippen molar-refractivity contribution in [1.29, 1.82) is 0 Å². The van der Waals surface area contributed by atoms with Gasteiger partial charge in [0, 0.05) is 11.8 Å². The summed E-state index contributed by atoms with van der Waals surface area (Å²) in [5.74, 6) is -0.114. The van der Waals surface area contributed by atoms with E-state index in [1.54, 1.807) is 37.4 Å². The van der Waals surface area contributed by atoms with Crippen LogP contribution in [0.5, 0.6) is 5.88 Å². The maximum absolute atomic E-state index is 11.7. The third-order valence-corrected chi connectivity index (χ3v) is 3.02. The molecule has 0 amide bonds. The van der Waals surface area contributed by atoms with Crippen molar-refractivity contribution in [3.8, 4) is 5.88 Å². The summed E-state index contributed by atoms with van der Waals surface area (Å²) in [6, 6.07) is 8.70. The number of esters is 1. The molecule has 1 aromatic carbocycles. The predicted molar refractivity (Wildman–Crippen MR) is 82.5 cm³/mol. The van der Waals surface area contributed by atoms with Crippen LogP contribution >= 0.6 is 0 Å². The van der Waals surface area contributed by atoms with Gasteiger partial charge in [0.1, 0.15) is 13.3 Å². The molecule has 7 heteroatoms. The molecular weight excluding hydrogens is 300 g/mol. The van der Waals surface area contributed by atoms with Crippen LogP contribution in [0.15, 0.2) is 41.3 Å². The molecule has 7 nitrogen and oxygen atoms in total. The molecule has 0 aliphatic rings. The number of methoxy groups -OCH3 is 1. The molecule has 1 aromatic heterocycles. The van der Waals surface area contributed by atoms with E-state index in [0.29, 0.717) is 11.4 Å². The molecular formula is C16H18N2O5. The van der Waals surface area contributed by atoms with Gasteiger partial charge in [-0.15, -0.1) is 0 Å². The molecule has 0 bridgehead atoms. The molecule has 122 valence electrons. The Hall–Kier alpha value is -2.67. The highest BCUT2D eigenvalue weighted by Gasteiger charge is 2.07. The Balaban J connectivity index is 1.77. The molecule has 0 saturated heterocycles. The highest BCUT2D eigenvalue weighted by Crippen LogP contribution is 2.09. The van der Waals surface area contributed by atoms with Crippen LogP contribution < -0.4 is 10.4 Å². The second-order valence-electron chi connectivity index (χ2n) is 4.72. The van der Waals surface area contributed by atoms with Crippen molar-refractivity contribution in [3.63, 3.8) is 0 Å². The summed E-state index contributed by atoms with van der Waals surface area (Å²) in [4.78, 5) is 27.2. The third kappa shape index (κ3) is 4.65. The molecule has 2 aromatic rings. The zero-order valence-electron chi connectivity index (χ0n) is 13.0. The van der Waals surface area contributed by atoms with Gasteiger partial charge in [0.05, 0.1) is 19.3 Å². The number of aryl methyl sites for hydroxylation is 1. The second kappa shape index (κ2) is 8.09. The van der Waals surface area contributed by atoms with Gasteiger partial charge in [0.2, 0.25) is 5.88 Å². The van der Waals surface area contributed by atoms with Crippen LogP contribution in [0.25, 0.3) is 0 Å². The quantitative estimate of drug-likeness (QED) is 0.567. The monoisotopic (exact) mass is 318 g/mol. The SMILES string of the molecule is COc1nc(=O)n(COCCOC(=O)c2ccccc2)cc1C. The van der Waals surface area contributed by atoms with Crippen molar-refractivity contribution in [2.75, 3.05) is 20.3 Å². The normalized spacial score (nSPS) is 10.3. The largest absolute Gasteiger partial charge is 0.481 e. The van der Waals surface area contributed by atoms with Crippen LogP contribution in [0.1, 0.15) is 15.9 Å². The highest BCUT2D eigenvalue weighted by molar-refractivity contribution is 5.89. The Morgan fingerprint density at radius 2 is 1.96 bits per heavy atom. The van der Waals surface area contributed by atoms with E-state index in [2.05, 4.69) is 4.98 Å². The Bertz CT molecular complexity index is 712. The van der Waals surface area contributed by atoms with E-state index in [0.717, 1.165) is 5.56 Å². The number of ether oxygens (including phenoxy) is 3. The van der Waals surface area contributed by atoms with Crippen molar-refractivity contribution >= 4 is 5.97 Å². The third-order valence-electron chi connectivity index (χ3n) is 3.02. The molecule has 0 N–H and O–H groups in total. The molecule has 0 unspecified atom stereocenters. The standard InChI is InChI=1S/C16H18N2O5/c1-12-10-18(16(20)17-14(12)21-2)11-22-8-9-23-15(19)13-6-4-3-5-7-13/h3-7,10H,8-9,11H2,1-2H3.